The number of ether oxygens (including phenoxy) is 1. The first kappa shape index (κ1) is 15.7. The zero-order valence-corrected chi connectivity index (χ0v) is 13.3. The molecule has 1 N–H and O–H groups in total. The van der Waals surface area contributed by atoms with Crippen molar-refractivity contribution >= 4 is 11.6 Å². The van der Waals surface area contributed by atoms with Gasteiger partial charge in [0.15, 0.2) is 0 Å². The molecular formula is C16H23ClFNO. The Labute approximate surface area is 125 Å². The molecule has 0 saturated heterocycles. The highest BCUT2D eigenvalue weighted by atomic mass is 35.5. The zero-order chi connectivity index (χ0) is 14.9. The Kier molecular flexibility index (Phi) is 4.73. The molecule has 1 aliphatic carbocycles. The summed E-state index contributed by atoms with van der Waals surface area (Å²) in [5, 5.41) is 3.77. The maximum Gasteiger partial charge on any atom is 0.141 e. The summed E-state index contributed by atoms with van der Waals surface area (Å²) in [5.41, 5.74) is 1.13. The molecule has 1 aromatic rings. The van der Waals surface area contributed by atoms with Crippen molar-refractivity contribution in [3.8, 4) is 0 Å². The average molecular weight is 300 g/mol. The van der Waals surface area contributed by atoms with E-state index in [4.69, 9.17) is 16.3 Å². The quantitative estimate of drug-likeness (QED) is 0.873. The molecule has 0 aliphatic heterocycles. The Balaban J connectivity index is 1.99. The van der Waals surface area contributed by atoms with Crippen molar-refractivity contribution in [2.45, 2.75) is 52.3 Å². The molecule has 112 valence electrons. The summed E-state index contributed by atoms with van der Waals surface area (Å²) in [6, 6.07) is 5.44. The highest BCUT2D eigenvalue weighted by Crippen LogP contribution is 2.43. The van der Waals surface area contributed by atoms with E-state index in [-0.39, 0.29) is 22.3 Å². The van der Waals surface area contributed by atoms with Gasteiger partial charge in [-0.2, -0.15) is 0 Å². The molecule has 2 rings (SSSR count). The topological polar surface area (TPSA) is 21.3 Å². The van der Waals surface area contributed by atoms with Crippen LogP contribution in [0, 0.1) is 11.2 Å². The predicted octanol–water partition coefficient (Wildman–Crippen LogP) is 4.33. The first-order valence-corrected chi connectivity index (χ1v) is 7.56. The molecule has 0 aromatic heterocycles. The number of hydrogen-bond acceptors (Lipinski definition) is 2. The van der Waals surface area contributed by atoms with E-state index < -0.39 is 0 Å². The molecule has 3 unspecified atom stereocenters. The van der Waals surface area contributed by atoms with Gasteiger partial charge in [0.05, 0.1) is 11.1 Å². The van der Waals surface area contributed by atoms with Crippen molar-refractivity contribution in [2.75, 3.05) is 6.61 Å². The third-order valence-electron chi connectivity index (χ3n) is 4.44. The molecule has 0 heterocycles. The van der Waals surface area contributed by atoms with E-state index in [0.29, 0.717) is 12.1 Å². The second-order valence-corrected chi connectivity index (χ2v) is 6.52. The second-order valence-electron chi connectivity index (χ2n) is 6.12. The van der Waals surface area contributed by atoms with Crippen LogP contribution in [0.1, 0.15) is 45.7 Å². The number of halogens is 2. The second kappa shape index (κ2) is 6.00. The minimum atomic E-state index is -0.372. The summed E-state index contributed by atoms with van der Waals surface area (Å²) in [6.45, 7) is 9.30. The third-order valence-corrected chi connectivity index (χ3v) is 4.73. The molecule has 0 spiro atoms. The average Bonchev–Trinajstić information content (AvgIpc) is 2.40. The lowest BCUT2D eigenvalue weighted by Gasteiger charge is -2.52. The fourth-order valence-corrected chi connectivity index (χ4v) is 3.02. The fourth-order valence-electron chi connectivity index (χ4n) is 2.83. The lowest BCUT2D eigenvalue weighted by molar-refractivity contribution is -0.116. The van der Waals surface area contributed by atoms with Crippen LogP contribution in [0.4, 0.5) is 4.39 Å². The summed E-state index contributed by atoms with van der Waals surface area (Å²) in [5.74, 6) is -0.372. The van der Waals surface area contributed by atoms with Crippen LogP contribution >= 0.6 is 11.6 Å². The standard InChI is InChI=1S/C16H23ClFNO/c1-5-20-15-9-14(16(15,3)4)19-10(2)11-6-7-13(18)12(17)8-11/h6-8,10,14-15,19H,5,9H2,1-4H3. The molecule has 1 saturated carbocycles. The first-order chi connectivity index (χ1) is 9.36. The van der Waals surface area contributed by atoms with Crippen LogP contribution in [0.5, 0.6) is 0 Å². The van der Waals surface area contributed by atoms with Gasteiger partial charge in [0.25, 0.3) is 0 Å². The van der Waals surface area contributed by atoms with E-state index in [1.54, 1.807) is 12.1 Å². The van der Waals surface area contributed by atoms with Gasteiger partial charge in [-0.15, -0.1) is 0 Å². The number of hydrogen-bond donors (Lipinski definition) is 1. The lowest BCUT2D eigenvalue weighted by atomic mass is 9.64. The number of rotatable bonds is 5. The molecule has 0 amide bonds. The molecule has 20 heavy (non-hydrogen) atoms. The fraction of sp³-hybridized carbons (Fsp3) is 0.625. The van der Waals surface area contributed by atoms with E-state index in [0.717, 1.165) is 18.6 Å². The predicted molar refractivity (Wildman–Crippen MR) is 80.6 cm³/mol. The van der Waals surface area contributed by atoms with Crippen LogP contribution in [0.15, 0.2) is 18.2 Å². The summed E-state index contributed by atoms with van der Waals surface area (Å²) >= 11 is 5.84. The Bertz CT molecular complexity index is 478. The van der Waals surface area contributed by atoms with Crippen molar-refractivity contribution in [3.63, 3.8) is 0 Å². The minimum Gasteiger partial charge on any atom is -0.378 e. The van der Waals surface area contributed by atoms with Gasteiger partial charge in [0, 0.05) is 24.1 Å². The number of nitrogens with one attached hydrogen (secondary N) is 1. The maximum atomic E-state index is 13.2. The molecule has 1 aromatic carbocycles. The van der Waals surface area contributed by atoms with Gasteiger partial charge in [-0.25, -0.2) is 4.39 Å². The molecule has 4 heteroatoms. The monoisotopic (exact) mass is 299 g/mol. The SMILES string of the molecule is CCOC1CC(NC(C)c2ccc(F)c(Cl)c2)C1(C)C. The Morgan fingerprint density at radius 2 is 2.20 bits per heavy atom. The van der Waals surface area contributed by atoms with Gasteiger partial charge < -0.3 is 10.1 Å². The van der Waals surface area contributed by atoms with Gasteiger partial charge in [-0.05, 0) is 38.0 Å². The van der Waals surface area contributed by atoms with Crippen LogP contribution in [-0.4, -0.2) is 18.8 Å². The van der Waals surface area contributed by atoms with Crippen molar-refractivity contribution in [1.29, 1.82) is 0 Å². The molecule has 0 bridgehead atoms. The van der Waals surface area contributed by atoms with Gasteiger partial charge in [-0.3, -0.25) is 0 Å². The molecular weight excluding hydrogens is 277 g/mol. The Morgan fingerprint density at radius 1 is 1.50 bits per heavy atom. The van der Waals surface area contributed by atoms with Crippen molar-refractivity contribution in [3.05, 3.63) is 34.6 Å². The smallest absolute Gasteiger partial charge is 0.141 e. The van der Waals surface area contributed by atoms with Crippen LogP contribution < -0.4 is 5.32 Å². The van der Waals surface area contributed by atoms with E-state index in [2.05, 4.69) is 26.1 Å². The normalized spacial score (nSPS) is 26.1. The molecule has 3 atom stereocenters. The zero-order valence-electron chi connectivity index (χ0n) is 12.5. The maximum absolute atomic E-state index is 13.2. The van der Waals surface area contributed by atoms with Crippen LogP contribution in [-0.2, 0) is 4.74 Å². The molecule has 0 radical (unpaired) electrons. The van der Waals surface area contributed by atoms with Crippen LogP contribution in [0.3, 0.4) is 0 Å². The summed E-state index contributed by atoms with van der Waals surface area (Å²) < 4.78 is 18.9. The van der Waals surface area contributed by atoms with Crippen LogP contribution in [0.25, 0.3) is 0 Å². The van der Waals surface area contributed by atoms with Crippen molar-refractivity contribution in [2.24, 2.45) is 5.41 Å². The van der Waals surface area contributed by atoms with Crippen LogP contribution in [0.2, 0.25) is 5.02 Å². The molecule has 2 nitrogen and oxygen atoms in total. The van der Waals surface area contributed by atoms with Gasteiger partial charge >= 0.3 is 0 Å². The van der Waals surface area contributed by atoms with Gasteiger partial charge in [-0.1, -0.05) is 31.5 Å². The molecule has 1 fully saturated rings. The number of benzene rings is 1. The summed E-state index contributed by atoms with van der Waals surface area (Å²) in [6.07, 6.45) is 1.33. The minimum absolute atomic E-state index is 0.119. The van der Waals surface area contributed by atoms with Gasteiger partial charge in [0.1, 0.15) is 5.82 Å². The highest BCUT2D eigenvalue weighted by molar-refractivity contribution is 6.30. The van der Waals surface area contributed by atoms with E-state index >= 15 is 0 Å². The van der Waals surface area contributed by atoms with E-state index in [9.17, 15) is 4.39 Å². The summed E-state index contributed by atoms with van der Waals surface area (Å²) in [4.78, 5) is 0. The van der Waals surface area contributed by atoms with E-state index in [1.807, 2.05) is 6.92 Å². The Hall–Kier alpha value is -0.640. The molecule has 1 aliphatic rings. The summed E-state index contributed by atoms with van der Waals surface area (Å²) in [7, 11) is 0. The highest BCUT2D eigenvalue weighted by Gasteiger charge is 2.49. The van der Waals surface area contributed by atoms with Gasteiger partial charge in [0.2, 0.25) is 0 Å². The van der Waals surface area contributed by atoms with Crippen molar-refractivity contribution in [1.82, 2.24) is 5.32 Å². The third kappa shape index (κ3) is 3.00. The largest absolute Gasteiger partial charge is 0.378 e. The van der Waals surface area contributed by atoms with Crippen molar-refractivity contribution < 1.29 is 9.13 Å². The van der Waals surface area contributed by atoms with E-state index in [1.165, 1.54) is 6.07 Å². The first-order valence-electron chi connectivity index (χ1n) is 7.18. The Morgan fingerprint density at radius 3 is 2.75 bits per heavy atom. The lowest BCUT2D eigenvalue weighted by Crippen LogP contribution is -2.61.